The Morgan fingerprint density at radius 1 is 1.45 bits per heavy atom. The Labute approximate surface area is 66.2 Å². The first-order chi connectivity index (χ1) is 5.30. The predicted molar refractivity (Wildman–Crippen MR) is 43.3 cm³/mol. The average molecular weight is 152 g/mol. The van der Waals surface area contributed by atoms with Gasteiger partial charge in [-0.3, -0.25) is 0 Å². The molecule has 2 heteroatoms. The van der Waals surface area contributed by atoms with Crippen LogP contribution in [0, 0.1) is 0 Å². The van der Waals surface area contributed by atoms with Gasteiger partial charge in [0.15, 0.2) is 0 Å². The molecular formula is C9H12O2. The van der Waals surface area contributed by atoms with Crippen molar-refractivity contribution in [2.24, 2.45) is 0 Å². The monoisotopic (exact) mass is 152 g/mol. The Morgan fingerprint density at radius 3 is 3.00 bits per heavy atom. The number of carboxylic acids is 1. The van der Waals surface area contributed by atoms with Crippen molar-refractivity contribution in [1.29, 1.82) is 0 Å². The van der Waals surface area contributed by atoms with Gasteiger partial charge < -0.3 is 5.11 Å². The zero-order chi connectivity index (χ0) is 8.10. The van der Waals surface area contributed by atoms with E-state index in [0.29, 0.717) is 12.0 Å². The SMILES string of the molecule is O=C(O)C1=CC=CCCCC1. The molecule has 0 spiro atoms. The highest BCUT2D eigenvalue weighted by molar-refractivity contribution is 5.86. The minimum Gasteiger partial charge on any atom is -0.478 e. The lowest BCUT2D eigenvalue weighted by atomic mass is 10.0. The molecule has 11 heavy (non-hydrogen) atoms. The van der Waals surface area contributed by atoms with Gasteiger partial charge in [0.1, 0.15) is 0 Å². The van der Waals surface area contributed by atoms with Crippen molar-refractivity contribution < 1.29 is 9.90 Å². The molecular weight excluding hydrogens is 140 g/mol. The minimum absolute atomic E-state index is 0.529. The molecule has 0 unspecified atom stereocenters. The Kier molecular flexibility index (Phi) is 2.90. The van der Waals surface area contributed by atoms with E-state index < -0.39 is 5.97 Å². The fraction of sp³-hybridized carbons (Fsp3) is 0.444. The second-order valence-electron chi connectivity index (χ2n) is 2.67. The average Bonchev–Trinajstić information content (AvgIpc) is 1.84. The summed E-state index contributed by atoms with van der Waals surface area (Å²) in [6, 6.07) is 0. The van der Waals surface area contributed by atoms with Gasteiger partial charge in [-0.05, 0) is 25.7 Å². The summed E-state index contributed by atoms with van der Waals surface area (Å²) in [6.07, 6.45) is 9.42. The first kappa shape index (κ1) is 8.05. The van der Waals surface area contributed by atoms with Gasteiger partial charge in [0, 0.05) is 5.57 Å². The zero-order valence-electron chi connectivity index (χ0n) is 6.42. The number of allylic oxidation sites excluding steroid dienone is 3. The molecule has 0 aliphatic heterocycles. The lowest BCUT2D eigenvalue weighted by Gasteiger charge is -2.02. The van der Waals surface area contributed by atoms with E-state index in [-0.39, 0.29) is 0 Å². The molecule has 2 nitrogen and oxygen atoms in total. The third-order valence-corrected chi connectivity index (χ3v) is 1.78. The highest BCUT2D eigenvalue weighted by atomic mass is 16.4. The van der Waals surface area contributed by atoms with Crippen LogP contribution in [-0.2, 0) is 4.79 Å². The fourth-order valence-electron chi connectivity index (χ4n) is 1.12. The molecule has 0 saturated heterocycles. The third-order valence-electron chi connectivity index (χ3n) is 1.78. The van der Waals surface area contributed by atoms with Crippen LogP contribution in [0.5, 0.6) is 0 Å². The van der Waals surface area contributed by atoms with Crippen molar-refractivity contribution in [3.8, 4) is 0 Å². The maximum Gasteiger partial charge on any atom is 0.331 e. The smallest absolute Gasteiger partial charge is 0.331 e. The van der Waals surface area contributed by atoms with Crippen LogP contribution in [0.4, 0.5) is 0 Å². The number of hydrogen-bond donors (Lipinski definition) is 1. The maximum atomic E-state index is 10.5. The summed E-state index contributed by atoms with van der Waals surface area (Å²) < 4.78 is 0. The molecule has 1 aliphatic carbocycles. The van der Waals surface area contributed by atoms with Gasteiger partial charge in [-0.25, -0.2) is 4.79 Å². The van der Waals surface area contributed by atoms with Gasteiger partial charge in [-0.1, -0.05) is 18.2 Å². The molecule has 0 aromatic heterocycles. The van der Waals surface area contributed by atoms with E-state index in [1.54, 1.807) is 6.08 Å². The molecule has 0 aromatic carbocycles. The van der Waals surface area contributed by atoms with Gasteiger partial charge >= 0.3 is 5.97 Å². The van der Waals surface area contributed by atoms with Crippen molar-refractivity contribution in [2.75, 3.05) is 0 Å². The molecule has 0 radical (unpaired) electrons. The molecule has 1 aliphatic rings. The Morgan fingerprint density at radius 2 is 2.27 bits per heavy atom. The first-order valence-electron chi connectivity index (χ1n) is 3.89. The highest BCUT2D eigenvalue weighted by Gasteiger charge is 2.05. The van der Waals surface area contributed by atoms with Crippen LogP contribution >= 0.6 is 0 Å². The van der Waals surface area contributed by atoms with Crippen molar-refractivity contribution in [2.45, 2.75) is 25.7 Å². The van der Waals surface area contributed by atoms with Crippen molar-refractivity contribution in [1.82, 2.24) is 0 Å². The Balaban J connectivity index is 2.65. The van der Waals surface area contributed by atoms with E-state index in [1.807, 2.05) is 12.2 Å². The fourth-order valence-corrected chi connectivity index (χ4v) is 1.12. The predicted octanol–water partition coefficient (Wildman–Crippen LogP) is 2.13. The van der Waals surface area contributed by atoms with E-state index in [2.05, 4.69) is 0 Å². The molecule has 0 fully saturated rings. The van der Waals surface area contributed by atoms with Gasteiger partial charge in [0.2, 0.25) is 0 Å². The molecule has 0 saturated carbocycles. The van der Waals surface area contributed by atoms with E-state index in [1.165, 1.54) is 0 Å². The molecule has 0 aromatic rings. The Bertz CT molecular complexity index is 202. The van der Waals surface area contributed by atoms with Crippen molar-refractivity contribution in [3.05, 3.63) is 23.8 Å². The minimum atomic E-state index is -0.781. The van der Waals surface area contributed by atoms with Crippen LogP contribution in [0.1, 0.15) is 25.7 Å². The topological polar surface area (TPSA) is 37.3 Å². The molecule has 60 valence electrons. The highest BCUT2D eigenvalue weighted by Crippen LogP contribution is 2.12. The van der Waals surface area contributed by atoms with Crippen molar-refractivity contribution in [3.63, 3.8) is 0 Å². The van der Waals surface area contributed by atoms with Gasteiger partial charge in [0.25, 0.3) is 0 Å². The summed E-state index contributed by atoms with van der Waals surface area (Å²) in [5, 5.41) is 8.65. The normalized spacial score (nSPS) is 18.4. The van der Waals surface area contributed by atoms with Crippen LogP contribution in [0.15, 0.2) is 23.8 Å². The van der Waals surface area contributed by atoms with E-state index >= 15 is 0 Å². The maximum absolute atomic E-state index is 10.5. The van der Waals surface area contributed by atoms with Gasteiger partial charge in [-0.2, -0.15) is 0 Å². The number of carbonyl (C=O) groups is 1. The zero-order valence-corrected chi connectivity index (χ0v) is 6.42. The van der Waals surface area contributed by atoms with E-state index in [0.717, 1.165) is 19.3 Å². The van der Waals surface area contributed by atoms with Crippen LogP contribution < -0.4 is 0 Å². The summed E-state index contributed by atoms with van der Waals surface area (Å²) in [5.74, 6) is -0.781. The van der Waals surface area contributed by atoms with Gasteiger partial charge in [0.05, 0.1) is 0 Å². The summed E-state index contributed by atoms with van der Waals surface area (Å²) in [6.45, 7) is 0. The largest absolute Gasteiger partial charge is 0.478 e. The van der Waals surface area contributed by atoms with Crippen LogP contribution in [0.3, 0.4) is 0 Å². The second-order valence-corrected chi connectivity index (χ2v) is 2.67. The lowest BCUT2D eigenvalue weighted by molar-refractivity contribution is -0.132. The Hall–Kier alpha value is -1.05. The second kappa shape index (κ2) is 3.96. The molecule has 0 heterocycles. The number of aliphatic carboxylic acids is 1. The molecule has 1 N–H and O–H groups in total. The van der Waals surface area contributed by atoms with Crippen LogP contribution in [0.25, 0.3) is 0 Å². The molecule has 0 atom stereocenters. The molecule has 0 amide bonds. The van der Waals surface area contributed by atoms with E-state index in [4.69, 9.17) is 5.11 Å². The van der Waals surface area contributed by atoms with E-state index in [9.17, 15) is 4.79 Å². The van der Waals surface area contributed by atoms with Crippen molar-refractivity contribution >= 4 is 5.97 Å². The molecule has 0 bridgehead atoms. The standard InChI is InChI=1S/C9H12O2/c10-9(11)8-6-4-2-1-3-5-7-8/h2,4,6H,1,3,5,7H2,(H,10,11). The summed E-state index contributed by atoms with van der Waals surface area (Å²) in [7, 11) is 0. The summed E-state index contributed by atoms with van der Waals surface area (Å²) in [4.78, 5) is 10.5. The van der Waals surface area contributed by atoms with Gasteiger partial charge in [-0.15, -0.1) is 0 Å². The third kappa shape index (κ3) is 2.58. The van der Waals surface area contributed by atoms with Crippen LogP contribution in [0.2, 0.25) is 0 Å². The first-order valence-corrected chi connectivity index (χ1v) is 3.89. The number of carboxylic acid groups (broad SMARTS) is 1. The summed E-state index contributed by atoms with van der Waals surface area (Å²) in [5.41, 5.74) is 0.529. The summed E-state index contributed by atoms with van der Waals surface area (Å²) >= 11 is 0. The number of hydrogen-bond acceptors (Lipinski definition) is 1. The lowest BCUT2D eigenvalue weighted by Crippen LogP contribution is -2.00. The molecule has 1 rings (SSSR count). The quantitative estimate of drug-likeness (QED) is 0.625. The van der Waals surface area contributed by atoms with Crippen LogP contribution in [-0.4, -0.2) is 11.1 Å². The number of rotatable bonds is 1.